The first kappa shape index (κ1) is 23.8. The Labute approximate surface area is 186 Å². The van der Waals surface area contributed by atoms with E-state index in [0.29, 0.717) is 24.3 Å². The number of nitrogens with zero attached hydrogens (tertiary/aromatic N) is 2. The number of fused-ring (bicyclic) bond motifs is 2. The first-order chi connectivity index (χ1) is 14.8. The number of urea groups is 1. The average Bonchev–Trinajstić information content (AvgIpc) is 2.89. The van der Waals surface area contributed by atoms with Crippen LogP contribution in [0.1, 0.15) is 56.0 Å². The van der Waals surface area contributed by atoms with E-state index < -0.39 is 40.4 Å². The molecular weight excluding hydrogens is 442 g/mol. The van der Waals surface area contributed by atoms with Crippen molar-refractivity contribution in [2.45, 2.75) is 58.5 Å². The molecule has 176 valence electrons. The second-order valence-corrected chi connectivity index (χ2v) is 10.3. The van der Waals surface area contributed by atoms with Gasteiger partial charge in [-0.1, -0.05) is 26.8 Å². The third-order valence-corrected chi connectivity index (χ3v) is 6.23. The monoisotopic (exact) mass is 469 g/mol. The molecule has 11 nitrogen and oxygen atoms in total. The summed E-state index contributed by atoms with van der Waals surface area (Å²) < 4.78 is 35.3. The summed E-state index contributed by atoms with van der Waals surface area (Å²) in [6.45, 7) is 6.03. The largest absolute Gasteiger partial charge is 0.478 e. The molecule has 3 amide bonds. The number of carboxylic acid groups (broad SMARTS) is 1. The number of rotatable bonds is 8. The van der Waals surface area contributed by atoms with Crippen LogP contribution in [0.4, 0.5) is 4.79 Å². The van der Waals surface area contributed by atoms with Crippen LogP contribution in [0.25, 0.3) is 0 Å². The highest BCUT2D eigenvalue weighted by Crippen LogP contribution is 2.33. The molecule has 1 aromatic carbocycles. The number of aromatic carboxylic acids is 1. The molecule has 0 radical (unpaired) electrons. The smallest absolute Gasteiger partial charge is 0.470 e. The molecule has 3 N–H and O–H groups in total. The van der Waals surface area contributed by atoms with Gasteiger partial charge in [0.25, 0.3) is 0 Å². The number of nitrogens with two attached hydrogens (primary N) is 1. The quantitative estimate of drug-likeness (QED) is 0.582. The maximum atomic E-state index is 12.6. The molecule has 2 fully saturated rings. The molecule has 2 bridgehead atoms. The summed E-state index contributed by atoms with van der Waals surface area (Å²) in [5, 5.41) is 10.2. The van der Waals surface area contributed by atoms with Crippen molar-refractivity contribution in [2.24, 2.45) is 11.1 Å². The van der Waals surface area contributed by atoms with Crippen molar-refractivity contribution in [3.63, 3.8) is 0 Å². The van der Waals surface area contributed by atoms with Gasteiger partial charge in [-0.3, -0.25) is 4.79 Å². The van der Waals surface area contributed by atoms with E-state index in [0.717, 1.165) is 0 Å². The van der Waals surface area contributed by atoms with Gasteiger partial charge >= 0.3 is 22.4 Å². The van der Waals surface area contributed by atoms with Crippen molar-refractivity contribution in [3.8, 4) is 5.75 Å². The van der Waals surface area contributed by atoms with E-state index in [1.54, 1.807) is 0 Å². The number of hydrogen-bond donors (Lipinski definition) is 2. The standard InChI is InChI=1S/C20H27N3O8S/c1-20(2,3)10-9-13-14(18(25)26)5-4-6-16(13)30-32(28,29)31-23-12-7-8-15(17(21)24)22(11-12)19(23)27/h4-6,12,15H,7-11H2,1-3H3,(H2,21,24)(H,25,26)/t12-,15+/m1/s1. The minimum Gasteiger partial charge on any atom is -0.478 e. The maximum absolute atomic E-state index is 12.6. The van der Waals surface area contributed by atoms with E-state index in [1.165, 1.54) is 23.1 Å². The molecule has 2 aliphatic rings. The highest BCUT2D eigenvalue weighted by Gasteiger charge is 2.49. The Morgan fingerprint density at radius 3 is 2.53 bits per heavy atom. The number of carbonyl (C=O) groups excluding carboxylic acids is 2. The average molecular weight is 470 g/mol. The zero-order valence-electron chi connectivity index (χ0n) is 18.1. The normalized spacial score (nSPS) is 21.0. The molecule has 0 spiro atoms. The van der Waals surface area contributed by atoms with Gasteiger partial charge < -0.3 is 19.9 Å². The van der Waals surface area contributed by atoms with Crippen molar-refractivity contribution in [2.75, 3.05) is 6.54 Å². The number of piperidine rings is 1. The number of amides is 3. The Morgan fingerprint density at radius 1 is 1.25 bits per heavy atom. The predicted molar refractivity (Wildman–Crippen MR) is 112 cm³/mol. The first-order valence-electron chi connectivity index (χ1n) is 10.2. The SMILES string of the molecule is CC(C)(C)CCc1c(OS(=O)(=O)ON2C(=O)N3C[C@H]2CC[C@H]3C(N)=O)cccc1C(=O)O. The van der Waals surface area contributed by atoms with Crippen LogP contribution >= 0.6 is 0 Å². The molecule has 1 aromatic rings. The molecule has 3 rings (SSSR count). The zero-order valence-corrected chi connectivity index (χ0v) is 18.9. The Balaban J connectivity index is 1.82. The summed E-state index contributed by atoms with van der Waals surface area (Å²) in [6.07, 6.45) is 1.46. The Hall–Kier alpha value is -2.86. The lowest BCUT2D eigenvalue weighted by Gasteiger charge is -2.27. The van der Waals surface area contributed by atoms with Gasteiger partial charge in [-0.25, -0.2) is 9.59 Å². The van der Waals surface area contributed by atoms with Crippen LogP contribution in [0.5, 0.6) is 5.75 Å². The second-order valence-electron chi connectivity index (χ2n) is 9.12. The van der Waals surface area contributed by atoms with Crippen LogP contribution in [-0.2, 0) is 25.9 Å². The van der Waals surface area contributed by atoms with Crippen molar-refractivity contribution in [1.82, 2.24) is 9.96 Å². The van der Waals surface area contributed by atoms with Gasteiger partial charge in [-0.15, -0.1) is 4.28 Å². The molecule has 2 atom stereocenters. The topological polar surface area (TPSA) is 157 Å². The molecule has 2 aliphatic heterocycles. The van der Waals surface area contributed by atoms with Gasteiger partial charge in [0.1, 0.15) is 11.8 Å². The van der Waals surface area contributed by atoms with Crippen molar-refractivity contribution >= 4 is 28.3 Å². The summed E-state index contributed by atoms with van der Waals surface area (Å²) >= 11 is 0. The number of primary amides is 1. The van der Waals surface area contributed by atoms with E-state index in [2.05, 4.69) is 0 Å². The van der Waals surface area contributed by atoms with E-state index in [1.807, 2.05) is 20.8 Å². The van der Waals surface area contributed by atoms with E-state index in [-0.39, 0.29) is 35.3 Å². The highest BCUT2D eigenvalue weighted by molar-refractivity contribution is 7.82. The molecule has 2 heterocycles. The lowest BCUT2D eigenvalue weighted by atomic mass is 9.87. The van der Waals surface area contributed by atoms with Crippen molar-refractivity contribution in [1.29, 1.82) is 0 Å². The fourth-order valence-corrected chi connectivity index (χ4v) is 4.64. The lowest BCUT2D eigenvalue weighted by Crippen LogP contribution is -2.47. The van der Waals surface area contributed by atoms with Crippen molar-refractivity contribution in [3.05, 3.63) is 29.3 Å². The zero-order chi connectivity index (χ0) is 23.8. The number of benzene rings is 1. The summed E-state index contributed by atoms with van der Waals surface area (Å²) in [4.78, 5) is 37.0. The third-order valence-electron chi connectivity index (χ3n) is 5.50. The fourth-order valence-electron chi connectivity index (χ4n) is 3.85. The van der Waals surface area contributed by atoms with E-state index in [4.69, 9.17) is 14.2 Å². The number of carboxylic acids is 1. The van der Waals surface area contributed by atoms with E-state index >= 15 is 0 Å². The highest BCUT2D eigenvalue weighted by atomic mass is 32.3. The maximum Gasteiger partial charge on any atom is 0.470 e. The number of carbonyl (C=O) groups is 3. The molecule has 0 aliphatic carbocycles. The summed E-state index contributed by atoms with van der Waals surface area (Å²) in [7, 11) is -4.78. The molecule has 0 aromatic heterocycles. The fraction of sp³-hybridized carbons (Fsp3) is 0.550. The minimum atomic E-state index is -4.78. The summed E-state index contributed by atoms with van der Waals surface area (Å²) in [6, 6.07) is 1.87. The Morgan fingerprint density at radius 2 is 1.94 bits per heavy atom. The second kappa shape index (κ2) is 8.58. The van der Waals surface area contributed by atoms with Gasteiger partial charge in [0.15, 0.2) is 0 Å². The van der Waals surface area contributed by atoms with E-state index in [9.17, 15) is 27.9 Å². The molecule has 0 unspecified atom stereocenters. The van der Waals surface area contributed by atoms with Gasteiger partial charge in [0, 0.05) is 12.1 Å². The third kappa shape index (κ3) is 5.13. The van der Waals surface area contributed by atoms with Gasteiger partial charge in [0.2, 0.25) is 5.91 Å². The number of hydrogen-bond acceptors (Lipinski definition) is 7. The number of hydroxylamine groups is 2. The van der Waals surface area contributed by atoms with Crippen LogP contribution in [0.3, 0.4) is 0 Å². The molecular formula is C20H27N3O8S. The van der Waals surface area contributed by atoms with Crippen LogP contribution in [-0.4, -0.2) is 60.0 Å². The molecule has 12 heteroatoms. The van der Waals surface area contributed by atoms with Gasteiger partial charge in [-0.05, 0) is 43.2 Å². The Bertz CT molecular complexity index is 1030. The van der Waals surface area contributed by atoms with Crippen LogP contribution in [0, 0.1) is 5.41 Å². The van der Waals surface area contributed by atoms with Crippen molar-refractivity contribution < 1.29 is 36.4 Å². The van der Waals surface area contributed by atoms with Crippen LogP contribution in [0.2, 0.25) is 0 Å². The van der Waals surface area contributed by atoms with Gasteiger partial charge in [-0.2, -0.15) is 13.5 Å². The van der Waals surface area contributed by atoms with Crippen LogP contribution < -0.4 is 9.92 Å². The van der Waals surface area contributed by atoms with Gasteiger partial charge in [0.05, 0.1) is 11.6 Å². The molecule has 2 saturated heterocycles. The molecule has 0 saturated carbocycles. The summed E-state index contributed by atoms with van der Waals surface area (Å²) in [5.41, 5.74) is 5.32. The summed E-state index contributed by atoms with van der Waals surface area (Å²) in [5.74, 6) is -2.07. The first-order valence-corrected chi connectivity index (χ1v) is 11.5. The molecule has 32 heavy (non-hydrogen) atoms. The Kier molecular flexibility index (Phi) is 6.38. The minimum absolute atomic E-state index is 0.0783. The predicted octanol–water partition coefficient (Wildman–Crippen LogP) is 1.67. The van der Waals surface area contributed by atoms with Crippen LogP contribution in [0.15, 0.2) is 18.2 Å². The lowest BCUT2D eigenvalue weighted by molar-refractivity contribution is -0.122.